The van der Waals surface area contributed by atoms with E-state index in [0.29, 0.717) is 30.2 Å². The van der Waals surface area contributed by atoms with Gasteiger partial charge in [0.2, 0.25) is 11.8 Å². The Morgan fingerprint density at radius 3 is 2.48 bits per heavy atom. The summed E-state index contributed by atoms with van der Waals surface area (Å²) in [5.74, 6) is 0.372. The van der Waals surface area contributed by atoms with Crippen LogP contribution in [-0.4, -0.2) is 23.5 Å². The SMILES string of the molecule is Cc1ccc(-c2nc(CCNC(=O)Nc3cc(NC(=O)C(C)C)ccc3C)co2)cc1. The summed E-state index contributed by atoms with van der Waals surface area (Å²) in [5, 5.41) is 8.49. The lowest BCUT2D eigenvalue weighted by Gasteiger charge is -2.13. The van der Waals surface area contributed by atoms with Crippen molar-refractivity contribution in [3.8, 4) is 11.5 Å². The maximum Gasteiger partial charge on any atom is 0.319 e. The molecule has 0 aliphatic heterocycles. The Morgan fingerprint density at radius 2 is 1.77 bits per heavy atom. The van der Waals surface area contributed by atoms with Gasteiger partial charge in [0.25, 0.3) is 0 Å². The molecule has 162 valence electrons. The zero-order chi connectivity index (χ0) is 22.4. The summed E-state index contributed by atoms with van der Waals surface area (Å²) in [6.45, 7) is 7.99. The molecule has 3 N–H and O–H groups in total. The van der Waals surface area contributed by atoms with Gasteiger partial charge in [-0.25, -0.2) is 9.78 Å². The first-order valence-electron chi connectivity index (χ1n) is 10.3. The molecule has 0 aliphatic rings. The van der Waals surface area contributed by atoms with Crippen LogP contribution in [0.1, 0.15) is 30.7 Å². The van der Waals surface area contributed by atoms with E-state index in [1.807, 2.05) is 64.1 Å². The predicted octanol–water partition coefficient (Wildman–Crippen LogP) is 4.92. The van der Waals surface area contributed by atoms with Crippen molar-refractivity contribution in [2.24, 2.45) is 5.92 Å². The Balaban J connectivity index is 1.51. The summed E-state index contributed by atoms with van der Waals surface area (Å²) < 4.78 is 5.55. The average Bonchev–Trinajstić information content (AvgIpc) is 3.20. The fraction of sp³-hybridized carbons (Fsp3) is 0.292. The number of anilines is 2. The molecule has 2 aromatic carbocycles. The number of rotatable bonds is 7. The number of carbonyl (C=O) groups excluding carboxylic acids is 2. The molecule has 3 aromatic rings. The number of aromatic nitrogens is 1. The molecule has 0 saturated carbocycles. The van der Waals surface area contributed by atoms with E-state index in [4.69, 9.17) is 4.42 Å². The Kier molecular flexibility index (Phi) is 7.07. The maximum atomic E-state index is 12.3. The molecule has 1 aromatic heterocycles. The van der Waals surface area contributed by atoms with E-state index in [1.165, 1.54) is 5.56 Å². The predicted molar refractivity (Wildman–Crippen MR) is 122 cm³/mol. The van der Waals surface area contributed by atoms with Crippen molar-refractivity contribution >= 4 is 23.3 Å². The van der Waals surface area contributed by atoms with Gasteiger partial charge in [-0.2, -0.15) is 0 Å². The van der Waals surface area contributed by atoms with Crippen molar-refractivity contribution in [3.05, 3.63) is 65.5 Å². The second-order valence-corrected chi connectivity index (χ2v) is 7.81. The lowest BCUT2D eigenvalue weighted by molar-refractivity contribution is -0.118. The van der Waals surface area contributed by atoms with Crippen molar-refractivity contribution in [1.29, 1.82) is 0 Å². The van der Waals surface area contributed by atoms with Crippen LogP contribution < -0.4 is 16.0 Å². The first-order valence-corrected chi connectivity index (χ1v) is 10.3. The molecule has 0 aliphatic carbocycles. The van der Waals surface area contributed by atoms with Crippen molar-refractivity contribution in [3.63, 3.8) is 0 Å². The van der Waals surface area contributed by atoms with Crippen molar-refractivity contribution in [2.45, 2.75) is 34.1 Å². The van der Waals surface area contributed by atoms with E-state index in [2.05, 4.69) is 20.9 Å². The van der Waals surface area contributed by atoms with Gasteiger partial charge in [-0.15, -0.1) is 0 Å². The number of hydrogen-bond donors (Lipinski definition) is 3. The number of amides is 3. The van der Waals surface area contributed by atoms with Crippen LogP contribution in [0.2, 0.25) is 0 Å². The van der Waals surface area contributed by atoms with Crippen molar-refractivity contribution in [1.82, 2.24) is 10.3 Å². The molecule has 31 heavy (non-hydrogen) atoms. The number of hydrogen-bond acceptors (Lipinski definition) is 4. The second kappa shape index (κ2) is 9.93. The highest BCUT2D eigenvalue weighted by atomic mass is 16.3. The summed E-state index contributed by atoms with van der Waals surface area (Å²) in [7, 11) is 0. The quantitative estimate of drug-likeness (QED) is 0.506. The molecule has 3 amide bonds. The fourth-order valence-corrected chi connectivity index (χ4v) is 2.84. The zero-order valence-electron chi connectivity index (χ0n) is 18.3. The summed E-state index contributed by atoms with van der Waals surface area (Å²) in [4.78, 5) is 28.7. The summed E-state index contributed by atoms with van der Waals surface area (Å²) in [5.41, 5.74) is 5.05. The van der Waals surface area contributed by atoms with E-state index in [1.54, 1.807) is 12.3 Å². The molecule has 0 bridgehead atoms. The third kappa shape index (κ3) is 6.18. The van der Waals surface area contributed by atoms with Crippen molar-refractivity contribution < 1.29 is 14.0 Å². The van der Waals surface area contributed by atoms with E-state index >= 15 is 0 Å². The molecular weight excluding hydrogens is 392 g/mol. The van der Waals surface area contributed by atoms with Gasteiger partial charge in [0.1, 0.15) is 6.26 Å². The molecular formula is C24H28N4O3. The van der Waals surface area contributed by atoms with Crippen molar-refractivity contribution in [2.75, 3.05) is 17.2 Å². The van der Waals surface area contributed by atoms with Gasteiger partial charge in [0.05, 0.1) is 5.69 Å². The highest BCUT2D eigenvalue weighted by molar-refractivity contribution is 5.94. The number of benzene rings is 2. The molecule has 0 radical (unpaired) electrons. The minimum absolute atomic E-state index is 0.0723. The minimum atomic E-state index is -0.322. The second-order valence-electron chi connectivity index (χ2n) is 7.81. The van der Waals surface area contributed by atoms with Crippen LogP contribution in [0.25, 0.3) is 11.5 Å². The number of nitrogens with one attached hydrogen (secondary N) is 3. The maximum absolute atomic E-state index is 12.3. The molecule has 0 saturated heterocycles. The summed E-state index contributed by atoms with van der Waals surface area (Å²) in [6.07, 6.45) is 2.16. The highest BCUT2D eigenvalue weighted by Gasteiger charge is 2.11. The first kappa shape index (κ1) is 22.1. The molecule has 7 nitrogen and oxygen atoms in total. The van der Waals surface area contributed by atoms with Gasteiger partial charge in [0, 0.05) is 35.8 Å². The van der Waals surface area contributed by atoms with Crippen LogP contribution in [0.4, 0.5) is 16.2 Å². The van der Waals surface area contributed by atoms with Crippen LogP contribution in [0.15, 0.2) is 53.1 Å². The summed E-state index contributed by atoms with van der Waals surface area (Å²) in [6, 6.07) is 13.1. The molecule has 0 fully saturated rings. The third-order valence-electron chi connectivity index (χ3n) is 4.79. The van der Waals surface area contributed by atoms with Crippen LogP contribution >= 0.6 is 0 Å². The van der Waals surface area contributed by atoms with Gasteiger partial charge in [0.15, 0.2) is 0 Å². The van der Waals surface area contributed by atoms with Gasteiger partial charge < -0.3 is 20.4 Å². The smallest absolute Gasteiger partial charge is 0.319 e. The normalized spacial score (nSPS) is 10.7. The van der Waals surface area contributed by atoms with Crippen LogP contribution in [0.3, 0.4) is 0 Å². The van der Waals surface area contributed by atoms with Gasteiger partial charge in [-0.1, -0.05) is 37.6 Å². The largest absolute Gasteiger partial charge is 0.444 e. The Labute approximate surface area is 182 Å². The van der Waals surface area contributed by atoms with Gasteiger partial charge >= 0.3 is 6.03 Å². The van der Waals surface area contributed by atoms with Crippen LogP contribution in [0.5, 0.6) is 0 Å². The van der Waals surface area contributed by atoms with Crippen LogP contribution in [0, 0.1) is 19.8 Å². The topological polar surface area (TPSA) is 96.3 Å². The standard InChI is InChI=1S/C24H28N4O3/c1-15(2)22(29)26-19-10-7-17(4)21(13-19)28-24(30)25-12-11-20-14-31-23(27-20)18-8-5-16(3)6-9-18/h5-10,13-15H,11-12H2,1-4H3,(H,26,29)(H2,25,28,30). The molecule has 7 heteroatoms. The van der Waals surface area contributed by atoms with Gasteiger partial charge in [-0.3, -0.25) is 4.79 Å². The number of aryl methyl sites for hydroxylation is 2. The zero-order valence-corrected chi connectivity index (χ0v) is 18.3. The van der Waals surface area contributed by atoms with E-state index < -0.39 is 0 Å². The molecule has 0 unspecified atom stereocenters. The Hall–Kier alpha value is -3.61. The number of urea groups is 1. The first-order chi connectivity index (χ1) is 14.8. The lowest BCUT2D eigenvalue weighted by atomic mass is 10.1. The summed E-state index contributed by atoms with van der Waals surface area (Å²) >= 11 is 0. The molecule has 0 spiro atoms. The molecule has 3 rings (SSSR count). The molecule has 1 heterocycles. The fourth-order valence-electron chi connectivity index (χ4n) is 2.84. The van der Waals surface area contributed by atoms with E-state index in [0.717, 1.165) is 16.8 Å². The number of carbonyl (C=O) groups is 2. The Bertz CT molecular complexity index is 1050. The van der Waals surface area contributed by atoms with Gasteiger partial charge in [-0.05, 0) is 43.7 Å². The average molecular weight is 421 g/mol. The van der Waals surface area contributed by atoms with E-state index in [-0.39, 0.29) is 17.9 Å². The molecule has 0 atom stereocenters. The highest BCUT2D eigenvalue weighted by Crippen LogP contribution is 2.21. The minimum Gasteiger partial charge on any atom is -0.444 e. The van der Waals surface area contributed by atoms with Crippen LogP contribution in [-0.2, 0) is 11.2 Å². The monoisotopic (exact) mass is 420 g/mol. The number of nitrogens with zero attached hydrogens (tertiary/aromatic N) is 1. The number of oxazole rings is 1. The Morgan fingerprint density at radius 1 is 1.03 bits per heavy atom. The van der Waals surface area contributed by atoms with E-state index in [9.17, 15) is 9.59 Å². The lowest BCUT2D eigenvalue weighted by Crippen LogP contribution is -2.30. The third-order valence-corrected chi connectivity index (χ3v) is 4.79.